The van der Waals surface area contributed by atoms with Gasteiger partial charge in [-0.1, -0.05) is 29.8 Å². The number of hydrazone groups is 1. The van der Waals surface area contributed by atoms with Gasteiger partial charge in [0, 0.05) is 28.8 Å². The highest BCUT2D eigenvalue weighted by atomic mass is 79.9. The third kappa shape index (κ3) is 6.81. The molecule has 0 spiro atoms. The molecule has 0 fully saturated rings. The highest BCUT2D eigenvalue weighted by Gasteiger charge is 2.12. The number of carbonyl (C=O) groups excluding carboxylic acids is 2. The summed E-state index contributed by atoms with van der Waals surface area (Å²) in [5, 5.41) is 7.28. The van der Waals surface area contributed by atoms with E-state index in [-0.39, 0.29) is 18.4 Å². The Bertz CT molecular complexity index is 1180. The zero-order valence-electron chi connectivity index (χ0n) is 17.9. The monoisotopic (exact) mass is 529 g/mol. The van der Waals surface area contributed by atoms with E-state index >= 15 is 0 Å². The van der Waals surface area contributed by atoms with Gasteiger partial charge in [0.25, 0.3) is 5.91 Å². The molecule has 0 bridgehead atoms. The first-order valence-electron chi connectivity index (χ1n) is 9.82. The van der Waals surface area contributed by atoms with E-state index in [1.165, 1.54) is 20.2 Å². The maximum atomic E-state index is 12.3. The molecule has 170 valence electrons. The minimum atomic E-state index is -0.383. The fourth-order valence-corrected chi connectivity index (χ4v) is 3.62. The Morgan fingerprint density at radius 1 is 1.12 bits per heavy atom. The first kappa shape index (κ1) is 24.3. The Kier molecular flexibility index (Phi) is 8.46. The number of methoxy groups -OCH3 is 1. The van der Waals surface area contributed by atoms with E-state index in [4.69, 9.17) is 21.1 Å². The Balaban J connectivity index is 1.65. The molecule has 0 heterocycles. The standard InChI is InChI=1S/C24H21BrClN3O4/c1-15(30)28-19-9-7-17(8-10-19)24(31)29-27-13-16-11-20(25)23(22(12-16)32-2)33-14-18-5-3-4-6-21(18)26/h3-13H,14H2,1-2H3,(H,28,30)(H,29,31)/b27-13+. The van der Waals surface area contributed by atoms with Crippen molar-refractivity contribution in [3.05, 3.63) is 86.8 Å². The third-order valence-corrected chi connectivity index (χ3v) is 5.39. The SMILES string of the molecule is COc1cc(/C=N/NC(=O)c2ccc(NC(C)=O)cc2)cc(Br)c1OCc1ccccc1Cl. The molecular weight excluding hydrogens is 510 g/mol. The Morgan fingerprint density at radius 3 is 2.52 bits per heavy atom. The molecule has 3 aromatic rings. The second kappa shape index (κ2) is 11.5. The van der Waals surface area contributed by atoms with Crippen molar-refractivity contribution in [1.82, 2.24) is 5.43 Å². The van der Waals surface area contributed by atoms with Crippen LogP contribution in [0.3, 0.4) is 0 Å². The number of carbonyl (C=O) groups is 2. The van der Waals surface area contributed by atoms with Crippen molar-refractivity contribution in [2.45, 2.75) is 13.5 Å². The molecule has 0 saturated carbocycles. The molecule has 33 heavy (non-hydrogen) atoms. The largest absolute Gasteiger partial charge is 0.493 e. The molecular formula is C24H21BrClN3O4. The molecule has 0 radical (unpaired) electrons. The van der Waals surface area contributed by atoms with E-state index in [0.29, 0.717) is 37.8 Å². The van der Waals surface area contributed by atoms with Gasteiger partial charge in [0.05, 0.1) is 17.8 Å². The zero-order chi connectivity index (χ0) is 23.8. The number of nitrogens with zero attached hydrogens (tertiary/aromatic N) is 1. The van der Waals surface area contributed by atoms with Crippen molar-refractivity contribution in [2.24, 2.45) is 5.10 Å². The molecule has 0 atom stereocenters. The van der Waals surface area contributed by atoms with Crippen molar-refractivity contribution < 1.29 is 19.1 Å². The van der Waals surface area contributed by atoms with Crippen LogP contribution in [0.1, 0.15) is 28.4 Å². The number of ether oxygens (including phenoxy) is 2. The third-order valence-electron chi connectivity index (χ3n) is 4.43. The van der Waals surface area contributed by atoms with Gasteiger partial charge < -0.3 is 14.8 Å². The lowest BCUT2D eigenvalue weighted by Crippen LogP contribution is -2.17. The molecule has 0 aromatic heterocycles. The maximum Gasteiger partial charge on any atom is 0.271 e. The van der Waals surface area contributed by atoms with Gasteiger partial charge in [-0.25, -0.2) is 5.43 Å². The molecule has 0 aliphatic carbocycles. The summed E-state index contributed by atoms with van der Waals surface area (Å²) in [6.45, 7) is 1.69. The predicted molar refractivity (Wildman–Crippen MR) is 132 cm³/mol. The summed E-state index contributed by atoms with van der Waals surface area (Å²) in [6.07, 6.45) is 1.49. The van der Waals surface area contributed by atoms with Crippen LogP contribution in [-0.2, 0) is 11.4 Å². The summed E-state index contributed by atoms with van der Waals surface area (Å²) >= 11 is 9.69. The second-order valence-corrected chi connectivity index (χ2v) is 8.13. The lowest BCUT2D eigenvalue weighted by Gasteiger charge is -2.14. The summed E-state index contributed by atoms with van der Waals surface area (Å²) < 4.78 is 12.0. The van der Waals surface area contributed by atoms with Gasteiger partial charge >= 0.3 is 0 Å². The number of halogens is 2. The van der Waals surface area contributed by atoms with Crippen LogP contribution >= 0.6 is 27.5 Å². The molecule has 0 unspecified atom stereocenters. The molecule has 3 aromatic carbocycles. The van der Waals surface area contributed by atoms with Crippen LogP contribution in [0.5, 0.6) is 11.5 Å². The van der Waals surface area contributed by atoms with Gasteiger partial charge in [-0.2, -0.15) is 5.10 Å². The van der Waals surface area contributed by atoms with Crippen molar-refractivity contribution in [1.29, 1.82) is 0 Å². The first-order chi connectivity index (χ1) is 15.9. The van der Waals surface area contributed by atoms with Gasteiger partial charge in [-0.3, -0.25) is 9.59 Å². The number of benzene rings is 3. The molecule has 9 heteroatoms. The highest BCUT2D eigenvalue weighted by Crippen LogP contribution is 2.37. The van der Waals surface area contributed by atoms with Gasteiger partial charge in [0.2, 0.25) is 5.91 Å². The van der Waals surface area contributed by atoms with E-state index in [1.54, 1.807) is 42.5 Å². The van der Waals surface area contributed by atoms with E-state index in [9.17, 15) is 9.59 Å². The van der Waals surface area contributed by atoms with Crippen molar-refractivity contribution >= 4 is 51.2 Å². The Labute approximate surface area is 204 Å². The minimum Gasteiger partial charge on any atom is -0.493 e. The highest BCUT2D eigenvalue weighted by molar-refractivity contribution is 9.10. The number of rotatable bonds is 8. The number of hydrogen-bond acceptors (Lipinski definition) is 5. The molecule has 0 aliphatic rings. The fraction of sp³-hybridized carbons (Fsp3) is 0.125. The lowest BCUT2D eigenvalue weighted by atomic mass is 10.2. The van der Waals surface area contributed by atoms with Crippen LogP contribution in [-0.4, -0.2) is 25.1 Å². The van der Waals surface area contributed by atoms with E-state index < -0.39 is 0 Å². The summed E-state index contributed by atoms with van der Waals surface area (Å²) in [6, 6.07) is 17.5. The number of anilines is 1. The second-order valence-electron chi connectivity index (χ2n) is 6.87. The molecule has 2 amide bonds. The molecule has 0 saturated heterocycles. The van der Waals surface area contributed by atoms with Crippen LogP contribution in [0.4, 0.5) is 5.69 Å². The van der Waals surface area contributed by atoms with Gasteiger partial charge in [0.15, 0.2) is 11.5 Å². The summed E-state index contributed by atoms with van der Waals surface area (Å²) in [5.74, 6) is 0.459. The van der Waals surface area contributed by atoms with Gasteiger partial charge in [0.1, 0.15) is 6.61 Å². The first-order valence-corrected chi connectivity index (χ1v) is 11.0. The van der Waals surface area contributed by atoms with Crippen molar-refractivity contribution in [3.8, 4) is 11.5 Å². The topological polar surface area (TPSA) is 89.0 Å². The lowest BCUT2D eigenvalue weighted by molar-refractivity contribution is -0.114. The van der Waals surface area contributed by atoms with E-state index in [1.807, 2.05) is 18.2 Å². The van der Waals surface area contributed by atoms with Gasteiger partial charge in [-0.15, -0.1) is 0 Å². The molecule has 3 rings (SSSR count). The minimum absolute atomic E-state index is 0.182. The molecule has 7 nitrogen and oxygen atoms in total. The number of nitrogens with one attached hydrogen (secondary N) is 2. The average Bonchev–Trinajstić information content (AvgIpc) is 2.79. The van der Waals surface area contributed by atoms with Crippen LogP contribution in [0.25, 0.3) is 0 Å². The summed E-state index contributed by atoms with van der Waals surface area (Å²) in [5.41, 5.74) is 5.03. The zero-order valence-corrected chi connectivity index (χ0v) is 20.2. The van der Waals surface area contributed by atoms with Crippen LogP contribution in [0, 0.1) is 0 Å². The molecule has 2 N–H and O–H groups in total. The average molecular weight is 531 g/mol. The normalized spacial score (nSPS) is 10.7. The Morgan fingerprint density at radius 2 is 1.85 bits per heavy atom. The van der Waals surface area contributed by atoms with Crippen LogP contribution < -0.4 is 20.2 Å². The maximum absolute atomic E-state index is 12.3. The van der Waals surface area contributed by atoms with Crippen molar-refractivity contribution in [3.63, 3.8) is 0 Å². The van der Waals surface area contributed by atoms with E-state index in [0.717, 1.165) is 5.56 Å². The van der Waals surface area contributed by atoms with Crippen molar-refractivity contribution in [2.75, 3.05) is 12.4 Å². The van der Waals surface area contributed by atoms with E-state index in [2.05, 4.69) is 31.8 Å². The summed E-state index contributed by atoms with van der Waals surface area (Å²) in [7, 11) is 1.54. The fourth-order valence-electron chi connectivity index (χ4n) is 2.86. The summed E-state index contributed by atoms with van der Waals surface area (Å²) in [4.78, 5) is 23.4. The Hall–Kier alpha value is -3.36. The quantitative estimate of drug-likeness (QED) is 0.301. The smallest absolute Gasteiger partial charge is 0.271 e. The predicted octanol–water partition coefficient (Wildman–Crippen LogP) is 5.41. The van der Waals surface area contributed by atoms with Crippen LogP contribution in [0.2, 0.25) is 5.02 Å². The molecule has 0 aliphatic heterocycles. The van der Waals surface area contributed by atoms with Crippen LogP contribution in [0.15, 0.2) is 70.2 Å². The number of hydrogen-bond donors (Lipinski definition) is 2. The van der Waals surface area contributed by atoms with Gasteiger partial charge in [-0.05, 0) is 64.0 Å². The number of amides is 2.